The van der Waals surface area contributed by atoms with E-state index in [4.69, 9.17) is 9.15 Å². The van der Waals surface area contributed by atoms with Gasteiger partial charge in [0, 0.05) is 58.2 Å². The van der Waals surface area contributed by atoms with Crippen molar-refractivity contribution in [3.8, 4) is 5.75 Å². The van der Waals surface area contributed by atoms with E-state index >= 15 is 0 Å². The Morgan fingerprint density at radius 1 is 1.00 bits per heavy atom. The maximum atomic E-state index is 13.1. The van der Waals surface area contributed by atoms with Crippen LogP contribution in [0.25, 0.3) is 11.0 Å². The van der Waals surface area contributed by atoms with Crippen LogP contribution in [0, 0.1) is 5.41 Å². The molecule has 5 rings (SSSR count). The number of aromatic nitrogens is 3. The number of ether oxygens (including phenoxy) is 1. The summed E-state index contributed by atoms with van der Waals surface area (Å²) in [5.74, 6) is 0.154. The molecule has 11 nitrogen and oxygen atoms in total. The summed E-state index contributed by atoms with van der Waals surface area (Å²) in [4.78, 5) is 44.5. The molecule has 0 atom stereocenters. The van der Waals surface area contributed by atoms with Crippen molar-refractivity contribution in [2.24, 2.45) is 5.41 Å². The van der Waals surface area contributed by atoms with Crippen molar-refractivity contribution in [3.05, 3.63) is 77.2 Å². The zero-order valence-corrected chi connectivity index (χ0v) is 24.4. The van der Waals surface area contributed by atoms with Crippen molar-refractivity contribution in [1.29, 1.82) is 0 Å². The van der Waals surface area contributed by atoms with E-state index in [0.29, 0.717) is 60.9 Å². The molecule has 0 saturated carbocycles. The average molecular weight is 573 g/mol. The van der Waals surface area contributed by atoms with Gasteiger partial charge in [-0.15, -0.1) is 0 Å². The number of rotatable bonds is 11. The zero-order chi connectivity index (χ0) is 29.9. The first-order chi connectivity index (χ1) is 20.2. The molecule has 0 N–H and O–H groups in total. The first-order valence-corrected chi connectivity index (χ1v) is 14.1. The smallest absolute Gasteiger partial charge is 0.261 e. The van der Waals surface area contributed by atoms with Crippen LogP contribution in [0.15, 0.2) is 70.5 Å². The maximum absolute atomic E-state index is 13.1. The second-order valence-electron chi connectivity index (χ2n) is 10.9. The number of carbonyl (C=O) groups is 2. The number of furan rings is 1. The lowest BCUT2D eigenvalue weighted by atomic mass is 9.90. The number of pyridine rings is 1. The normalized spacial score (nSPS) is 14.9. The minimum absolute atomic E-state index is 0.0755. The van der Waals surface area contributed by atoms with E-state index in [1.807, 2.05) is 37.3 Å². The summed E-state index contributed by atoms with van der Waals surface area (Å²) in [5.41, 5.74) is 1.71. The van der Waals surface area contributed by atoms with Crippen LogP contribution in [0.2, 0.25) is 0 Å². The highest BCUT2D eigenvalue weighted by atomic mass is 16.5. The quantitative estimate of drug-likeness (QED) is 0.197. The number of nitrogens with zero attached hydrogens (tertiary/aromatic N) is 6. The molecule has 0 radical (unpaired) electrons. The summed E-state index contributed by atoms with van der Waals surface area (Å²) in [6.45, 7) is 8.69. The molecule has 1 aliphatic rings. The molecule has 2 amide bonds. The van der Waals surface area contributed by atoms with Crippen LogP contribution in [-0.2, 0) is 22.7 Å². The molecule has 0 bridgehead atoms. The lowest BCUT2D eigenvalue weighted by Gasteiger charge is -2.27. The number of fused-ring (bicyclic) bond motifs is 2. The molecule has 42 heavy (non-hydrogen) atoms. The minimum atomic E-state index is -1.16. The monoisotopic (exact) mass is 572 g/mol. The molecule has 1 aromatic carbocycles. The van der Waals surface area contributed by atoms with Crippen molar-refractivity contribution in [1.82, 2.24) is 19.7 Å². The Labute approximate surface area is 244 Å². The van der Waals surface area contributed by atoms with Crippen LogP contribution in [-0.4, -0.2) is 64.8 Å². The Morgan fingerprint density at radius 2 is 1.83 bits per heavy atom. The van der Waals surface area contributed by atoms with Gasteiger partial charge in [0.15, 0.2) is 0 Å². The van der Waals surface area contributed by atoms with Crippen molar-refractivity contribution < 1.29 is 18.7 Å². The van der Waals surface area contributed by atoms with Crippen LogP contribution in [0.3, 0.4) is 0 Å². The third-order valence-corrected chi connectivity index (χ3v) is 7.72. The molecule has 11 heteroatoms. The fraction of sp³-hybridized carbons (Fsp3) is 0.387. The van der Waals surface area contributed by atoms with E-state index in [1.165, 1.54) is 6.26 Å². The van der Waals surface area contributed by atoms with Gasteiger partial charge in [-0.1, -0.05) is 0 Å². The topological polar surface area (TPSA) is 114 Å². The first kappa shape index (κ1) is 29.0. The summed E-state index contributed by atoms with van der Waals surface area (Å²) in [6, 6.07) is 10.9. The van der Waals surface area contributed by atoms with Crippen molar-refractivity contribution >= 4 is 34.2 Å². The molecule has 3 aromatic heterocycles. The second kappa shape index (κ2) is 12.2. The van der Waals surface area contributed by atoms with E-state index in [2.05, 4.69) is 15.1 Å². The van der Waals surface area contributed by atoms with Gasteiger partial charge < -0.3 is 23.5 Å². The summed E-state index contributed by atoms with van der Waals surface area (Å²) >= 11 is 0. The van der Waals surface area contributed by atoms with Crippen LogP contribution in [0.1, 0.15) is 32.8 Å². The van der Waals surface area contributed by atoms with E-state index < -0.39 is 5.41 Å². The Balaban J connectivity index is 1.25. The van der Waals surface area contributed by atoms with Gasteiger partial charge in [0.25, 0.3) is 5.56 Å². The summed E-state index contributed by atoms with van der Waals surface area (Å²) < 4.78 is 13.2. The van der Waals surface area contributed by atoms with Crippen molar-refractivity contribution in [3.63, 3.8) is 0 Å². The molecule has 0 aliphatic carbocycles. The third kappa shape index (κ3) is 5.78. The fourth-order valence-corrected chi connectivity index (χ4v) is 5.32. The van der Waals surface area contributed by atoms with Crippen molar-refractivity contribution in [2.45, 2.75) is 40.3 Å². The Bertz CT molecular complexity index is 1630. The number of hydrogen-bond donors (Lipinski definition) is 0. The number of hydrogen-bond acceptors (Lipinski definition) is 8. The maximum Gasteiger partial charge on any atom is 0.261 e. The Kier molecular flexibility index (Phi) is 8.39. The van der Waals surface area contributed by atoms with Gasteiger partial charge in [0.1, 0.15) is 16.7 Å². The number of carbonyl (C=O) groups excluding carboxylic acids is 2. The summed E-state index contributed by atoms with van der Waals surface area (Å²) in [5, 5.41) is 8.43. The second-order valence-corrected chi connectivity index (χ2v) is 10.9. The third-order valence-electron chi connectivity index (χ3n) is 7.72. The molecular formula is C31H36N6O5. The zero-order valence-electron chi connectivity index (χ0n) is 24.4. The van der Waals surface area contributed by atoms with E-state index in [-0.39, 0.29) is 17.4 Å². The first-order valence-electron chi connectivity index (χ1n) is 14.1. The van der Waals surface area contributed by atoms with Gasteiger partial charge in [-0.05, 0) is 63.1 Å². The highest BCUT2D eigenvalue weighted by molar-refractivity contribution is 6.20. The summed E-state index contributed by atoms with van der Waals surface area (Å²) in [7, 11) is 1.70. The molecule has 4 heterocycles. The number of amides is 2. The van der Waals surface area contributed by atoms with Gasteiger partial charge in [-0.2, -0.15) is 10.2 Å². The van der Waals surface area contributed by atoms with Gasteiger partial charge in [0.2, 0.25) is 11.8 Å². The Hall–Kier alpha value is -4.51. The lowest BCUT2D eigenvalue weighted by molar-refractivity contribution is -0.137. The van der Waals surface area contributed by atoms with Gasteiger partial charge in [0.05, 0.1) is 35.8 Å². The molecular weight excluding hydrogens is 536 g/mol. The predicted octanol–water partition coefficient (Wildman–Crippen LogP) is 3.71. The molecule has 0 fully saturated rings. The molecule has 0 saturated heterocycles. The van der Waals surface area contributed by atoms with E-state index in [9.17, 15) is 14.4 Å². The molecule has 0 spiro atoms. The average Bonchev–Trinajstić information content (AvgIpc) is 3.47. The van der Waals surface area contributed by atoms with Crippen LogP contribution in [0.4, 0.5) is 11.4 Å². The van der Waals surface area contributed by atoms with Crippen LogP contribution < -0.4 is 20.1 Å². The molecule has 4 aromatic rings. The highest BCUT2D eigenvalue weighted by Crippen LogP contribution is 2.40. The SMILES string of the molecule is CCN1C(=O)C(C)(C)C(=O)N(C)c2cc(OCCCN(CCn3ccc4occc4c3=O)Cc3ccnnc3)ccc21. The molecule has 1 aliphatic heterocycles. The van der Waals surface area contributed by atoms with Crippen LogP contribution >= 0.6 is 0 Å². The molecule has 0 unspecified atom stereocenters. The Morgan fingerprint density at radius 3 is 2.60 bits per heavy atom. The predicted molar refractivity (Wildman–Crippen MR) is 160 cm³/mol. The van der Waals surface area contributed by atoms with E-state index in [0.717, 1.165) is 18.5 Å². The standard InChI is InChI=1S/C31H36N6O5/c1-5-37-25-8-7-23(19-26(25)34(4)29(39)31(2,3)30(37)40)41-17-6-13-35(21-22-9-12-32-33-20-22)15-16-36-14-10-27-24(28(36)38)11-18-42-27/h7-12,14,18-20H,5-6,13,15-17,21H2,1-4H3. The van der Waals surface area contributed by atoms with Crippen molar-refractivity contribution in [2.75, 3.05) is 43.1 Å². The van der Waals surface area contributed by atoms with Gasteiger partial charge in [-0.25, -0.2) is 0 Å². The fourth-order valence-electron chi connectivity index (χ4n) is 5.32. The lowest BCUT2D eigenvalue weighted by Crippen LogP contribution is -2.47. The number of anilines is 2. The summed E-state index contributed by atoms with van der Waals surface area (Å²) in [6.07, 6.45) is 7.43. The van der Waals surface area contributed by atoms with Gasteiger partial charge in [-0.3, -0.25) is 19.3 Å². The number of benzene rings is 1. The van der Waals surface area contributed by atoms with E-state index in [1.54, 1.807) is 59.9 Å². The largest absolute Gasteiger partial charge is 0.493 e. The van der Waals surface area contributed by atoms with Gasteiger partial charge >= 0.3 is 0 Å². The molecule has 220 valence electrons. The van der Waals surface area contributed by atoms with Crippen LogP contribution in [0.5, 0.6) is 5.75 Å². The highest BCUT2D eigenvalue weighted by Gasteiger charge is 2.45. The minimum Gasteiger partial charge on any atom is -0.493 e.